The van der Waals surface area contributed by atoms with Gasteiger partial charge in [0.2, 0.25) is 0 Å². The summed E-state index contributed by atoms with van der Waals surface area (Å²) in [5.41, 5.74) is 25.5. The summed E-state index contributed by atoms with van der Waals surface area (Å²) in [6, 6.07) is 24.2. The summed E-state index contributed by atoms with van der Waals surface area (Å²) in [7, 11) is -0.538. The first-order valence-electron chi connectivity index (χ1n) is 40.5. The number of rotatable bonds is 13. The van der Waals surface area contributed by atoms with E-state index in [0.29, 0.717) is 71.8 Å². The largest absolute Gasteiger partial charge is 0.514 e. The number of hydrogen-bond donors (Lipinski definition) is 7. The highest BCUT2D eigenvalue weighted by atomic mass is 35.5. The molecule has 12 heterocycles. The molecule has 7 aliphatic rings. The second-order valence-corrected chi connectivity index (χ2v) is 33.2. The van der Waals surface area contributed by atoms with Crippen molar-refractivity contribution >= 4 is 65.3 Å². The number of aromatic amines is 2. The molecule has 1 atom stereocenters. The van der Waals surface area contributed by atoms with Gasteiger partial charge in [-0.05, 0) is 265 Å². The van der Waals surface area contributed by atoms with Crippen LogP contribution in [0.25, 0.3) is 39.8 Å². The molecule has 12 aromatic rings. The van der Waals surface area contributed by atoms with Gasteiger partial charge in [0.05, 0.1) is 124 Å². The predicted octanol–water partition coefficient (Wildman–Crippen LogP) is 12.8. The molecule has 0 saturated carbocycles. The predicted molar refractivity (Wildman–Crippen MR) is 461 cm³/mol. The average Bonchev–Trinajstić information content (AvgIpc) is 1.69. The number of carbonyl (C=O) groups is 2. The van der Waals surface area contributed by atoms with E-state index in [-0.39, 0.29) is 48.6 Å². The molecular weight excluding hydrogens is 1640 g/mol. The van der Waals surface area contributed by atoms with E-state index in [0.717, 1.165) is 192 Å². The minimum Gasteiger partial charge on any atom is -0.398 e. The maximum absolute atomic E-state index is 13.4. The number of nitrogens with zero attached hydrogens (tertiary/aromatic N) is 15. The Kier molecular flexibility index (Phi) is 28.1. The minimum absolute atomic E-state index is 0.0133. The van der Waals surface area contributed by atoms with Crippen molar-refractivity contribution in [1.29, 1.82) is 0 Å². The SMILES string of the molecule is C[C@H](N)c1ccc(F)cc1.Cc1cn(-c2ccc(-c3nnc(Cl)c4c3CCC4)nc2CO)cn1.Cc1cn(-c2ccc(-c3nnc(NC(C)(C)c4ccc(F)cc4)c4c3CCC4)nc2CO)cn1.Cc1cn(-c2ccc(B3OC(C)(C)C(C)(C)O3)nc2CO)cn1.Clc1nnc(Cl)c2c1CCC2.O=C1OC(=O)C2=C1CCC2.O=c1[nH][nH]c(=O)c2c1CCC2. The lowest BCUT2D eigenvalue weighted by molar-refractivity contribution is -0.151. The Balaban J connectivity index is 0.000000130. The maximum atomic E-state index is 13.4. The number of pyridine rings is 3. The Bertz CT molecular complexity index is 5950. The zero-order valence-electron chi connectivity index (χ0n) is 69.8. The molecule has 640 valence electrons. The molecule has 0 bridgehead atoms. The number of nitrogens with two attached hydrogens (primary N) is 1. The normalized spacial score (nSPS) is 15.5. The van der Waals surface area contributed by atoms with Crippen molar-refractivity contribution in [2.75, 3.05) is 5.32 Å². The van der Waals surface area contributed by atoms with Crippen LogP contribution in [0.3, 0.4) is 0 Å². The topological polar surface area (TPSA) is 396 Å². The van der Waals surface area contributed by atoms with Crippen molar-refractivity contribution in [2.45, 2.75) is 208 Å². The molecule has 123 heavy (non-hydrogen) atoms. The van der Waals surface area contributed by atoms with Crippen LogP contribution in [0.1, 0.15) is 189 Å². The lowest BCUT2D eigenvalue weighted by Gasteiger charge is -2.32. The van der Waals surface area contributed by atoms with Crippen molar-refractivity contribution in [2.24, 2.45) is 5.73 Å². The summed E-state index contributed by atoms with van der Waals surface area (Å²) in [4.78, 5) is 70.2. The summed E-state index contributed by atoms with van der Waals surface area (Å²) in [6.07, 6.45) is 24.4. The first-order chi connectivity index (χ1) is 58.8. The van der Waals surface area contributed by atoms with Crippen molar-refractivity contribution in [3.8, 4) is 39.8 Å². The van der Waals surface area contributed by atoms with Crippen LogP contribution in [-0.2, 0) is 100 Å². The summed E-state index contributed by atoms with van der Waals surface area (Å²) in [5, 5.41) is 63.9. The highest BCUT2D eigenvalue weighted by Gasteiger charge is 2.52. The molecule has 2 aromatic carbocycles. The van der Waals surface area contributed by atoms with Gasteiger partial charge in [-0.25, -0.2) is 43.3 Å². The van der Waals surface area contributed by atoms with Crippen LogP contribution in [0.2, 0.25) is 15.5 Å². The number of halogens is 5. The molecular formula is C88H95BCl3F2N19O10. The van der Waals surface area contributed by atoms with E-state index < -0.39 is 35.8 Å². The van der Waals surface area contributed by atoms with Crippen LogP contribution in [-0.4, -0.2) is 130 Å². The fourth-order valence-corrected chi connectivity index (χ4v) is 16.1. The molecule has 10 aromatic heterocycles. The molecule has 8 N–H and O–H groups in total. The maximum Gasteiger partial charge on any atom is 0.514 e. The number of esters is 2. The van der Waals surface area contributed by atoms with Gasteiger partial charge in [-0.3, -0.25) is 24.8 Å². The molecule has 0 unspecified atom stereocenters. The number of cyclic esters (lactones) is 2. The van der Waals surface area contributed by atoms with Gasteiger partial charge in [-0.15, -0.1) is 30.6 Å². The standard InChI is InChI=1S/C26H27FN6O.C17H16ClN5O.C16H22BN3O3.C8H10FN.C7H6Cl2N2.C7H8N2O2.C7H6O3/c1-16-13-33(15-28-16)23-12-11-21(29-22(23)14-34)24-19-5-4-6-20(19)25(32-31-24)30-26(2,3)17-7-9-18(27)10-8-17;1-10-7-23(9-19-10)15-6-5-13(20-14(15)8-24)16-11-3-2-4-12(11)17(18)22-21-16;1-11-8-20(10-18-11)13-6-7-14(19-12(13)9-21)17-22-15(2,3)16(4,5)23-17;1-6(10)7-2-4-8(9)5-3-7;8-6-4-2-1-3-5(4)7(9)11-10-6;10-6-4-2-1-3-5(4)7(11)9-8-6;8-6-4-2-1-3-5(4)7(9)10-6/h7-13,15,34H,4-6,14H2,1-3H3,(H,30,32);5-7,9,24H,2-4,8H2,1H3;6-8,10,21H,9H2,1-5H3;2-6H,10H2,1H3;1-3H2;1-3H2,(H,8,10)(H,9,11);1-3H2/t;;;6-;;;/m...0.../s1. The summed E-state index contributed by atoms with van der Waals surface area (Å²) < 4.78 is 47.7. The number of H-pyrrole nitrogens is 2. The number of ether oxygens (including phenoxy) is 1. The van der Waals surface area contributed by atoms with Crippen molar-refractivity contribution in [3.63, 3.8) is 0 Å². The minimum atomic E-state index is -0.538. The Hall–Kier alpha value is -11.3. The van der Waals surface area contributed by atoms with Gasteiger partial charge in [-0.1, -0.05) is 59.1 Å². The van der Waals surface area contributed by atoms with E-state index in [1.54, 1.807) is 43.2 Å². The molecule has 29 nitrogen and oxygen atoms in total. The molecule has 0 spiro atoms. The second kappa shape index (κ2) is 38.6. The molecule has 1 fully saturated rings. The van der Waals surface area contributed by atoms with Crippen molar-refractivity contribution in [3.05, 3.63) is 271 Å². The molecule has 0 amide bonds. The van der Waals surface area contributed by atoms with E-state index in [2.05, 4.69) is 75.8 Å². The first-order valence-corrected chi connectivity index (χ1v) is 41.7. The third kappa shape index (κ3) is 20.5. The second-order valence-electron chi connectivity index (χ2n) is 32.1. The number of anilines is 1. The number of nitrogens with one attached hydrogen (secondary N) is 3. The number of aromatic nitrogens is 17. The number of carbonyl (C=O) groups excluding carboxylic acids is 2. The number of benzene rings is 2. The van der Waals surface area contributed by atoms with E-state index in [9.17, 15) is 43.3 Å². The smallest absolute Gasteiger partial charge is 0.398 e. The third-order valence-corrected chi connectivity index (χ3v) is 23.5. The number of aliphatic hydroxyl groups excluding tert-OH is 3. The molecule has 5 aliphatic carbocycles. The van der Waals surface area contributed by atoms with Gasteiger partial charge in [0, 0.05) is 52.5 Å². The zero-order chi connectivity index (χ0) is 87.8. The van der Waals surface area contributed by atoms with Gasteiger partial charge in [0.1, 0.15) is 23.0 Å². The van der Waals surface area contributed by atoms with Gasteiger partial charge < -0.3 is 54.1 Å². The Morgan fingerprint density at radius 1 is 0.496 bits per heavy atom. The molecule has 0 radical (unpaired) electrons. The van der Waals surface area contributed by atoms with E-state index >= 15 is 0 Å². The van der Waals surface area contributed by atoms with Gasteiger partial charge in [0.15, 0.2) is 21.3 Å². The highest BCUT2D eigenvalue weighted by molar-refractivity contribution is 6.61. The fourth-order valence-electron chi connectivity index (χ4n) is 15.3. The van der Waals surface area contributed by atoms with Crippen LogP contribution in [0.5, 0.6) is 0 Å². The van der Waals surface area contributed by atoms with E-state index in [1.165, 1.54) is 24.3 Å². The average molecular weight is 1730 g/mol. The lowest BCUT2D eigenvalue weighted by atomic mass is 9.84. The van der Waals surface area contributed by atoms with Crippen LogP contribution in [0, 0.1) is 32.4 Å². The Morgan fingerprint density at radius 3 is 1.28 bits per heavy atom. The van der Waals surface area contributed by atoms with Crippen molar-refractivity contribution in [1.82, 2.24) is 84.4 Å². The van der Waals surface area contributed by atoms with Gasteiger partial charge in [0.25, 0.3) is 11.1 Å². The van der Waals surface area contributed by atoms with Crippen LogP contribution >= 0.6 is 34.8 Å². The van der Waals surface area contributed by atoms with Crippen LogP contribution in [0.4, 0.5) is 14.6 Å². The quantitative estimate of drug-likeness (QED) is 0.0320. The van der Waals surface area contributed by atoms with Gasteiger partial charge in [-0.2, -0.15) is 0 Å². The van der Waals surface area contributed by atoms with E-state index in [1.807, 2.05) is 138 Å². The fraction of sp³-hybridized carbons (Fsp3) is 0.364. The van der Waals surface area contributed by atoms with Crippen LogP contribution in [0.15, 0.2) is 143 Å². The van der Waals surface area contributed by atoms with Crippen LogP contribution < -0.4 is 27.8 Å². The van der Waals surface area contributed by atoms with E-state index in [4.69, 9.17) is 54.8 Å². The number of fused-ring (bicyclic) bond motifs is 4. The number of aryl methyl sites for hydroxylation is 3. The molecule has 35 heteroatoms. The Labute approximate surface area is 723 Å². The monoisotopic (exact) mass is 1730 g/mol. The Morgan fingerprint density at radius 2 is 0.862 bits per heavy atom. The summed E-state index contributed by atoms with van der Waals surface area (Å²) in [5.74, 6) is -0.564. The summed E-state index contributed by atoms with van der Waals surface area (Å²) >= 11 is 17.8. The third-order valence-electron chi connectivity index (χ3n) is 22.6. The first kappa shape index (κ1) is 89.4. The molecule has 19 rings (SSSR count). The van der Waals surface area contributed by atoms with Crippen molar-refractivity contribution < 1.29 is 47.7 Å². The number of aliphatic hydroxyl groups is 3. The highest BCUT2D eigenvalue weighted by Crippen LogP contribution is 2.40. The molecule has 1 saturated heterocycles. The lowest BCUT2D eigenvalue weighted by Crippen LogP contribution is -2.41. The molecule has 2 aliphatic heterocycles. The summed E-state index contributed by atoms with van der Waals surface area (Å²) in [6.45, 7) is 19.2. The number of imidazole rings is 3. The zero-order valence-corrected chi connectivity index (χ0v) is 72.1. The number of hydrogen-bond acceptors (Lipinski definition) is 24. The van der Waals surface area contributed by atoms with Gasteiger partial charge >= 0.3 is 19.1 Å².